The summed E-state index contributed by atoms with van der Waals surface area (Å²) in [6.07, 6.45) is 7.15. The highest BCUT2D eigenvalue weighted by Gasteiger charge is 2.43. The second-order valence-electron chi connectivity index (χ2n) is 14.9. The van der Waals surface area contributed by atoms with Gasteiger partial charge in [-0.05, 0) is 117 Å². The summed E-state index contributed by atoms with van der Waals surface area (Å²) < 4.78 is 0. The fraction of sp³-hybridized carbons (Fsp3) is 0.632. The van der Waals surface area contributed by atoms with Crippen LogP contribution in [0.15, 0.2) is 12.1 Å². The summed E-state index contributed by atoms with van der Waals surface area (Å²) in [4.78, 5) is 0. The zero-order valence-electron chi connectivity index (χ0n) is 27.9. The van der Waals surface area contributed by atoms with Gasteiger partial charge in [-0.1, -0.05) is 94.9 Å². The lowest BCUT2D eigenvalue weighted by Crippen LogP contribution is -2.43. The molecular weight excluding hydrogens is 513 g/mol. The van der Waals surface area contributed by atoms with Crippen LogP contribution in [0, 0.1) is 22.9 Å². The van der Waals surface area contributed by atoms with Crippen LogP contribution in [0.2, 0.25) is 33.2 Å². The summed E-state index contributed by atoms with van der Waals surface area (Å²) >= 11 is 0. The molecular formula is C38H56Si2. The monoisotopic (exact) mass is 568 g/mol. The molecule has 0 spiro atoms. The largest absolute Gasteiger partial charge is 0.146 e. The summed E-state index contributed by atoms with van der Waals surface area (Å²) in [5.41, 5.74) is 21.0. The van der Waals surface area contributed by atoms with Gasteiger partial charge in [-0.2, -0.15) is 0 Å². The van der Waals surface area contributed by atoms with Gasteiger partial charge < -0.3 is 0 Å². The Morgan fingerprint density at radius 1 is 0.475 bits per heavy atom. The van der Waals surface area contributed by atoms with Crippen LogP contribution in [0.1, 0.15) is 129 Å². The maximum absolute atomic E-state index is 4.07. The third kappa shape index (κ3) is 5.07. The van der Waals surface area contributed by atoms with Gasteiger partial charge in [0.05, 0.1) is 0 Å². The predicted octanol–water partition coefficient (Wildman–Crippen LogP) is 11.0. The van der Waals surface area contributed by atoms with Gasteiger partial charge in [-0.15, -0.1) is 11.1 Å². The van der Waals surface area contributed by atoms with E-state index in [4.69, 9.17) is 0 Å². The van der Waals surface area contributed by atoms with Gasteiger partial charge in [0.15, 0.2) is 0 Å². The van der Waals surface area contributed by atoms with Gasteiger partial charge >= 0.3 is 0 Å². The molecule has 0 atom stereocenters. The molecule has 2 aliphatic carbocycles. The van der Waals surface area contributed by atoms with Gasteiger partial charge in [-0.3, -0.25) is 0 Å². The molecule has 2 aromatic rings. The van der Waals surface area contributed by atoms with E-state index in [0.717, 1.165) is 0 Å². The number of aryl methyl sites for hydroxylation is 4. The highest BCUT2D eigenvalue weighted by atomic mass is 28.3. The van der Waals surface area contributed by atoms with Gasteiger partial charge in [0.1, 0.15) is 16.1 Å². The van der Waals surface area contributed by atoms with E-state index in [9.17, 15) is 0 Å². The average molecular weight is 569 g/mol. The van der Waals surface area contributed by atoms with E-state index in [1.54, 1.807) is 33.0 Å². The standard InChI is InChI=1S/C38H56Si2/c1-25(2)39(26(3)4,27(5)6)21-19-31-23-33-15-14-18-36-32(20-22-40(28(7)8,29(9)10)30(11)12)24-34-16-13-17-35(31)37(34)38(33)36/h23-30H,13-18H2,1-12H3. The summed E-state index contributed by atoms with van der Waals surface area (Å²) in [5, 5.41) is 3.14. The van der Waals surface area contributed by atoms with Crippen molar-refractivity contribution >= 4 is 26.9 Å². The lowest BCUT2D eigenvalue weighted by molar-refractivity contribution is 0.783. The first-order chi connectivity index (χ1) is 18.8. The van der Waals surface area contributed by atoms with E-state index in [-0.39, 0.29) is 0 Å². The molecule has 2 aliphatic rings. The Morgan fingerprint density at radius 3 is 1.05 bits per heavy atom. The highest BCUT2D eigenvalue weighted by Crippen LogP contribution is 2.44. The molecule has 0 aliphatic heterocycles. The molecule has 0 saturated heterocycles. The lowest BCUT2D eigenvalue weighted by atomic mass is 9.77. The summed E-state index contributed by atoms with van der Waals surface area (Å²) in [6, 6.07) is 5.05. The van der Waals surface area contributed by atoms with Crippen molar-refractivity contribution in [3.8, 4) is 22.9 Å². The van der Waals surface area contributed by atoms with Crippen molar-refractivity contribution in [3.05, 3.63) is 45.5 Å². The second-order valence-corrected chi connectivity index (χ2v) is 26.0. The minimum Gasteiger partial charge on any atom is -0.125 e. The predicted molar refractivity (Wildman–Crippen MR) is 184 cm³/mol. The molecule has 40 heavy (non-hydrogen) atoms. The van der Waals surface area contributed by atoms with Gasteiger partial charge in [0.2, 0.25) is 0 Å². The fourth-order valence-electron chi connectivity index (χ4n) is 9.21. The van der Waals surface area contributed by atoms with Crippen molar-refractivity contribution in [2.75, 3.05) is 0 Å². The third-order valence-corrected chi connectivity index (χ3v) is 23.7. The molecule has 0 radical (unpaired) electrons. The Balaban J connectivity index is 1.96. The quantitative estimate of drug-likeness (QED) is 0.240. The molecule has 0 fully saturated rings. The SMILES string of the molecule is CC(C)[Si](C#Cc1cc2c3c(c(C#C[Si](C(C)C)(C(C)C)C(C)C)cc4c3c1CCC4)CCC2)(C(C)C)C(C)C. The minimum atomic E-state index is -1.77. The van der Waals surface area contributed by atoms with Crippen molar-refractivity contribution in [2.24, 2.45) is 0 Å². The first kappa shape index (κ1) is 31.2. The Morgan fingerprint density at radius 2 is 0.775 bits per heavy atom. The molecule has 0 heterocycles. The van der Waals surface area contributed by atoms with Crippen molar-refractivity contribution < 1.29 is 0 Å². The molecule has 0 unspecified atom stereocenters. The molecule has 4 rings (SSSR count). The first-order valence-corrected chi connectivity index (χ1v) is 20.9. The van der Waals surface area contributed by atoms with E-state index in [1.807, 2.05) is 0 Å². The van der Waals surface area contributed by atoms with Crippen LogP contribution in [0.3, 0.4) is 0 Å². The topological polar surface area (TPSA) is 0 Å². The summed E-state index contributed by atoms with van der Waals surface area (Å²) in [6.45, 7) is 29.1. The Kier molecular flexibility index (Phi) is 9.25. The van der Waals surface area contributed by atoms with Crippen molar-refractivity contribution in [1.82, 2.24) is 0 Å². The van der Waals surface area contributed by atoms with Crippen molar-refractivity contribution in [1.29, 1.82) is 0 Å². The molecule has 2 aromatic carbocycles. The lowest BCUT2D eigenvalue weighted by Gasteiger charge is -2.38. The fourth-order valence-corrected chi connectivity index (χ4v) is 19.6. The highest BCUT2D eigenvalue weighted by molar-refractivity contribution is 6.91. The second kappa shape index (κ2) is 11.9. The Bertz CT molecular complexity index is 1230. The smallest absolute Gasteiger partial charge is 0.125 e. The van der Waals surface area contributed by atoms with Crippen LogP contribution in [-0.2, 0) is 25.7 Å². The van der Waals surface area contributed by atoms with Crippen molar-refractivity contribution in [3.63, 3.8) is 0 Å². The van der Waals surface area contributed by atoms with Crippen LogP contribution in [0.5, 0.6) is 0 Å². The number of rotatable bonds is 6. The van der Waals surface area contributed by atoms with Crippen LogP contribution in [0.4, 0.5) is 0 Å². The molecule has 2 heteroatoms. The Labute approximate surface area is 249 Å². The van der Waals surface area contributed by atoms with Gasteiger partial charge in [0.25, 0.3) is 0 Å². The Hall–Kier alpha value is -1.75. The molecule has 0 saturated carbocycles. The number of hydrogen-bond donors (Lipinski definition) is 0. The zero-order valence-corrected chi connectivity index (χ0v) is 29.9. The van der Waals surface area contributed by atoms with Crippen LogP contribution >= 0.6 is 0 Å². The van der Waals surface area contributed by atoms with E-state index >= 15 is 0 Å². The van der Waals surface area contributed by atoms with Gasteiger partial charge in [0, 0.05) is 11.1 Å². The third-order valence-electron chi connectivity index (χ3n) is 11.1. The van der Waals surface area contributed by atoms with Crippen LogP contribution in [0.25, 0.3) is 10.8 Å². The first-order valence-electron chi connectivity index (χ1n) is 16.5. The molecule has 0 N–H and O–H groups in total. The van der Waals surface area contributed by atoms with Crippen LogP contribution in [-0.4, -0.2) is 16.1 Å². The van der Waals surface area contributed by atoms with E-state index in [2.05, 4.69) is 118 Å². The van der Waals surface area contributed by atoms with E-state index < -0.39 is 16.1 Å². The molecule has 0 bridgehead atoms. The minimum absolute atomic E-state index is 0.664. The number of benzene rings is 2. The van der Waals surface area contributed by atoms with E-state index in [0.29, 0.717) is 33.2 Å². The summed E-state index contributed by atoms with van der Waals surface area (Å²) in [7, 11) is -3.55. The van der Waals surface area contributed by atoms with Gasteiger partial charge in [-0.25, -0.2) is 0 Å². The average Bonchev–Trinajstić information content (AvgIpc) is 2.87. The maximum atomic E-state index is 4.07. The maximum Gasteiger partial charge on any atom is 0.146 e. The molecule has 216 valence electrons. The molecule has 0 nitrogen and oxygen atoms in total. The molecule has 0 amide bonds. The normalized spacial score (nSPS) is 15.3. The zero-order chi connectivity index (χ0) is 29.6. The van der Waals surface area contributed by atoms with Crippen LogP contribution < -0.4 is 0 Å². The van der Waals surface area contributed by atoms with E-state index in [1.165, 1.54) is 49.7 Å². The summed E-state index contributed by atoms with van der Waals surface area (Å²) in [5.74, 6) is 7.81. The van der Waals surface area contributed by atoms with Crippen molar-refractivity contribution in [2.45, 2.75) is 155 Å². The number of hydrogen-bond acceptors (Lipinski definition) is 0. The molecule has 0 aromatic heterocycles.